The van der Waals surface area contributed by atoms with Gasteiger partial charge >= 0.3 is 6.09 Å². The lowest BCUT2D eigenvalue weighted by atomic mass is 9.70. The van der Waals surface area contributed by atoms with Gasteiger partial charge < -0.3 is 19.5 Å². The number of fused-ring (bicyclic) bond motifs is 1. The van der Waals surface area contributed by atoms with Gasteiger partial charge in [0, 0.05) is 25.6 Å². The topological polar surface area (TPSA) is 76.5 Å². The number of hydrogen-bond acceptors (Lipinski definition) is 4. The van der Waals surface area contributed by atoms with E-state index in [1.54, 1.807) is 0 Å². The highest BCUT2D eigenvalue weighted by Gasteiger charge is 2.52. The number of nitrogens with zero attached hydrogens (tertiary/aromatic N) is 3. The van der Waals surface area contributed by atoms with Crippen molar-refractivity contribution in [3.63, 3.8) is 0 Å². The molecule has 2 aliphatic heterocycles. The van der Waals surface area contributed by atoms with Gasteiger partial charge in [-0.3, -0.25) is 4.79 Å². The number of aromatic nitrogens is 2. The number of nitrogens with one attached hydrogen (secondary N) is 1. The molecule has 0 radical (unpaired) electrons. The second-order valence-electron chi connectivity index (χ2n) is 8.42. The molecule has 2 fully saturated rings. The molecule has 1 N–H and O–H groups in total. The lowest BCUT2D eigenvalue weighted by Gasteiger charge is -2.44. The number of rotatable bonds is 4. The van der Waals surface area contributed by atoms with E-state index in [0.29, 0.717) is 30.6 Å². The Hall–Kier alpha value is -2.54. The standard InChI is InChI=1S/C21H23ClN4O3/c1-12-24-18(22)17(25(12)2)7-16-14-5-3-4-6-15(14)19(27)26(16)10-13-8-21(9-13)11-23-20(28)29-21/h3-6,13,16H,7-11H2,1-2H3,(H,23,28). The quantitative estimate of drug-likeness (QED) is 0.834. The van der Waals surface area contributed by atoms with Crippen LogP contribution in [-0.4, -0.2) is 45.1 Å². The van der Waals surface area contributed by atoms with E-state index in [-0.39, 0.29) is 23.6 Å². The summed E-state index contributed by atoms with van der Waals surface area (Å²) in [7, 11) is 1.95. The van der Waals surface area contributed by atoms with E-state index in [2.05, 4.69) is 10.3 Å². The summed E-state index contributed by atoms with van der Waals surface area (Å²) >= 11 is 6.39. The molecular weight excluding hydrogens is 392 g/mol. The predicted molar refractivity (Wildman–Crippen MR) is 107 cm³/mol. The van der Waals surface area contributed by atoms with Crippen LogP contribution in [-0.2, 0) is 18.2 Å². The molecule has 7 nitrogen and oxygen atoms in total. The average Bonchev–Trinajstić information content (AvgIpc) is 3.26. The molecule has 3 aliphatic rings. The third-order valence-electron chi connectivity index (χ3n) is 6.60. The normalized spacial score (nSPS) is 27.8. The Labute approximate surface area is 174 Å². The van der Waals surface area contributed by atoms with Crippen LogP contribution in [0.15, 0.2) is 24.3 Å². The van der Waals surface area contributed by atoms with E-state index in [1.165, 1.54) is 0 Å². The van der Waals surface area contributed by atoms with Crippen LogP contribution in [0.2, 0.25) is 5.15 Å². The van der Waals surface area contributed by atoms with Gasteiger partial charge in [0.15, 0.2) is 5.15 Å². The number of halogens is 1. The lowest BCUT2D eigenvalue weighted by Crippen LogP contribution is -2.51. The van der Waals surface area contributed by atoms with Gasteiger partial charge in [0.05, 0.1) is 18.3 Å². The number of carbonyl (C=O) groups is 2. The smallest absolute Gasteiger partial charge is 0.407 e. The largest absolute Gasteiger partial charge is 0.441 e. The number of ether oxygens (including phenoxy) is 1. The molecule has 1 aromatic carbocycles. The summed E-state index contributed by atoms with van der Waals surface area (Å²) in [6.07, 6.45) is 1.84. The second-order valence-corrected chi connectivity index (χ2v) is 8.78. The molecule has 3 heterocycles. The van der Waals surface area contributed by atoms with Crippen LogP contribution >= 0.6 is 11.6 Å². The van der Waals surface area contributed by atoms with Crippen LogP contribution in [0, 0.1) is 12.8 Å². The monoisotopic (exact) mass is 414 g/mol. The van der Waals surface area contributed by atoms with Crippen molar-refractivity contribution in [2.45, 2.75) is 37.8 Å². The van der Waals surface area contributed by atoms with Gasteiger partial charge in [0.2, 0.25) is 0 Å². The van der Waals surface area contributed by atoms with Gasteiger partial charge in [-0.2, -0.15) is 0 Å². The molecule has 1 aromatic heterocycles. The Morgan fingerprint density at radius 2 is 2.07 bits per heavy atom. The highest BCUT2D eigenvalue weighted by atomic mass is 35.5. The Morgan fingerprint density at radius 3 is 2.72 bits per heavy atom. The van der Waals surface area contributed by atoms with Gasteiger partial charge in [-0.05, 0) is 37.3 Å². The Bertz CT molecular complexity index is 1010. The van der Waals surface area contributed by atoms with E-state index in [4.69, 9.17) is 16.3 Å². The van der Waals surface area contributed by atoms with E-state index in [1.807, 2.05) is 47.7 Å². The maximum Gasteiger partial charge on any atom is 0.407 e. The van der Waals surface area contributed by atoms with E-state index >= 15 is 0 Å². The Balaban J connectivity index is 1.39. The van der Waals surface area contributed by atoms with Crippen molar-refractivity contribution in [1.82, 2.24) is 19.8 Å². The molecule has 152 valence electrons. The highest BCUT2D eigenvalue weighted by Crippen LogP contribution is 2.45. The van der Waals surface area contributed by atoms with Gasteiger partial charge in [-0.25, -0.2) is 9.78 Å². The maximum absolute atomic E-state index is 13.2. The van der Waals surface area contributed by atoms with Gasteiger partial charge in [0.1, 0.15) is 11.4 Å². The Morgan fingerprint density at radius 1 is 1.31 bits per heavy atom. The zero-order chi connectivity index (χ0) is 20.3. The number of carbonyl (C=O) groups excluding carboxylic acids is 2. The Kier molecular flexibility index (Phi) is 4.13. The molecule has 29 heavy (non-hydrogen) atoms. The van der Waals surface area contributed by atoms with E-state index < -0.39 is 0 Å². The van der Waals surface area contributed by atoms with Gasteiger partial charge in [0.25, 0.3) is 5.91 Å². The van der Waals surface area contributed by atoms with Crippen molar-refractivity contribution in [2.24, 2.45) is 13.0 Å². The molecule has 1 spiro atoms. The molecular formula is C21H23ClN4O3. The summed E-state index contributed by atoms with van der Waals surface area (Å²) in [6, 6.07) is 7.72. The number of alkyl carbamates (subject to hydrolysis) is 1. The first kappa shape index (κ1) is 18.5. The van der Waals surface area contributed by atoms with Crippen molar-refractivity contribution >= 4 is 23.6 Å². The van der Waals surface area contributed by atoms with E-state index in [0.717, 1.165) is 35.5 Å². The van der Waals surface area contributed by atoms with Crippen LogP contribution in [0.4, 0.5) is 4.79 Å². The van der Waals surface area contributed by atoms with Crippen molar-refractivity contribution in [3.05, 3.63) is 52.1 Å². The first-order chi connectivity index (χ1) is 13.9. The minimum atomic E-state index is -0.380. The molecule has 0 bridgehead atoms. The minimum absolute atomic E-state index is 0.0584. The number of aryl methyl sites for hydroxylation is 1. The summed E-state index contributed by atoms with van der Waals surface area (Å²) in [4.78, 5) is 30.9. The third-order valence-corrected chi connectivity index (χ3v) is 6.91. The number of benzene rings is 1. The van der Waals surface area contributed by atoms with Crippen LogP contribution in [0.5, 0.6) is 0 Å². The fourth-order valence-electron chi connectivity index (χ4n) is 5.03. The molecule has 1 saturated carbocycles. The lowest BCUT2D eigenvalue weighted by molar-refractivity contribution is -0.0555. The number of imidazole rings is 1. The molecule has 5 rings (SSSR count). The summed E-state index contributed by atoms with van der Waals surface area (Å²) in [5.41, 5.74) is 2.35. The van der Waals surface area contributed by atoms with Crippen LogP contribution < -0.4 is 5.32 Å². The van der Waals surface area contributed by atoms with Crippen LogP contribution in [0.3, 0.4) is 0 Å². The predicted octanol–water partition coefficient (Wildman–Crippen LogP) is 3.01. The van der Waals surface area contributed by atoms with Crippen molar-refractivity contribution in [1.29, 1.82) is 0 Å². The first-order valence-corrected chi connectivity index (χ1v) is 10.3. The van der Waals surface area contributed by atoms with Crippen molar-refractivity contribution in [2.75, 3.05) is 13.1 Å². The minimum Gasteiger partial charge on any atom is -0.441 e. The molecule has 1 atom stereocenters. The summed E-state index contributed by atoms with van der Waals surface area (Å²) in [5, 5.41) is 3.23. The van der Waals surface area contributed by atoms with Crippen molar-refractivity contribution < 1.29 is 14.3 Å². The molecule has 2 aromatic rings. The number of amides is 2. The summed E-state index contributed by atoms with van der Waals surface area (Å²) < 4.78 is 7.44. The average molecular weight is 415 g/mol. The molecule has 2 amide bonds. The van der Waals surface area contributed by atoms with Crippen LogP contribution in [0.25, 0.3) is 0 Å². The number of hydrogen-bond donors (Lipinski definition) is 1. The fourth-order valence-corrected chi connectivity index (χ4v) is 5.35. The van der Waals surface area contributed by atoms with E-state index in [9.17, 15) is 9.59 Å². The molecule has 1 saturated heterocycles. The molecule has 1 unspecified atom stereocenters. The second kappa shape index (κ2) is 6.49. The van der Waals surface area contributed by atoms with Crippen molar-refractivity contribution in [3.8, 4) is 0 Å². The van der Waals surface area contributed by atoms with Gasteiger partial charge in [-0.15, -0.1) is 0 Å². The third kappa shape index (κ3) is 2.90. The zero-order valence-electron chi connectivity index (χ0n) is 16.4. The summed E-state index contributed by atoms with van der Waals surface area (Å²) in [5.74, 6) is 1.22. The maximum atomic E-state index is 13.2. The molecule has 1 aliphatic carbocycles. The fraction of sp³-hybridized carbons (Fsp3) is 0.476. The zero-order valence-corrected chi connectivity index (χ0v) is 17.2. The van der Waals surface area contributed by atoms with Crippen LogP contribution in [0.1, 0.15) is 46.3 Å². The summed E-state index contributed by atoms with van der Waals surface area (Å²) in [6.45, 7) is 3.13. The highest BCUT2D eigenvalue weighted by molar-refractivity contribution is 6.30. The SMILES string of the molecule is Cc1nc(Cl)c(CC2c3ccccc3C(=O)N2CC2CC3(CNC(=O)O3)C2)n1C. The van der Waals surface area contributed by atoms with Gasteiger partial charge in [-0.1, -0.05) is 29.8 Å². The molecule has 8 heteroatoms. The first-order valence-electron chi connectivity index (χ1n) is 9.91.